The second-order valence-electron chi connectivity index (χ2n) is 4.36. The molecule has 1 aromatic heterocycles. The van der Waals surface area contributed by atoms with Crippen LogP contribution in [0.3, 0.4) is 0 Å². The number of nitrogens with two attached hydrogens (primary N) is 1. The molecule has 0 bridgehead atoms. The van der Waals surface area contributed by atoms with Gasteiger partial charge in [-0.1, -0.05) is 51.8 Å². The molecule has 0 aliphatic rings. The Hall–Kier alpha value is -1.78. The van der Waals surface area contributed by atoms with Crippen molar-refractivity contribution in [3.63, 3.8) is 0 Å². The van der Waals surface area contributed by atoms with E-state index in [9.17, 15) is 0 Å². The van der Waals surface area contributed by atoms with Gasteiger partial charge in [-0.3, -0.25) is 0 Å². The van der Waals surface area contributed by atoms with E-state index in [0.717, 1.165) is 20.9 Å². The molecule has 100 valence electrons. The van der Waals surface area contributed by atoms with Crippen molar-refractivity contribution in [1.29, 1.82) is 0 Å². The zero-order chi connectivity index (χ0) is 14.1. The lowest BCUT2D eigenvalue weighted by Gasteiger charge is -2.11. The predicted molar refractivity (Wildman–Crippen MR) is 88.6 cm³/mol. The Bertz CT molecular complexity index is 789. The Morgan fingerprint density at radius 1 is 1.10 bits per heavy atom. The zero-order valence-corrected chi connectivity index (χ0v) is 12.7. The summed E-state index contributed by atoms with van der Waals surface area (Å²) in [5.74, 6) is 0.591. The van der Waals surface area contributed by atoms with Gasteiger partial charge in [0.05, 0.1) is 16.9 Å². The number of nitrogens with one attached hydrogen (secondary N) is 1. The number of hydrogen-bond donors (Lipinski definition) is 2. The molecule has 0 fully saturated rings. The average molecular weight is 349 g/mol. The van der Waals surface area contributed by atoms with Crippen LogP contribution in [0, 0.1) is 0 Å². The molecule has 1 heterocycles. The predicted octanol–water partition coefficient (Wildman–Crippen LogP) is 4.98. The van der Waals surface area contributed by atoms with Gasteiger partial charge in [0.15, 0.2) is 0 Å². The fourth-order valence-corrected chi connectivity index (χ4v) is 2.74. The van der Waals surface area contributed by atoms with Crippen LogP contribution < -0.4 is 11.1 Å². The van der Waals surface area contributed by atoms with Crippen LogP contribution in [0.15, 0.2) is 53.1 Å². The lowest BCUT2D eigenvalue weighted by atomic mass is 10.1. The van der Waals surface area contributed by atoms with E-state index in [-0.39, 0.29) is 0 Å². The molecule has 0 spiro atoms. The van der Waals surface area contributed by atoms with Gasteiger partial charge in [-0.2, -0.15) is 0 Å². The molecule has 3 aromatic rings. The van der Waals surface area contributed by atoms with Crippen molar-refractivity contribution in [1.82, 2.24) is 4.98 Å². The van der Waals surface area contributed by atoms with Crippen LogP contribution in [0.1, 0.15) is 0 Å². The summed E-state index contributed by atoms with van der Waals surface area (Å²) in [5.41, 5.74) is 7.14. The normalized spacial score (nSPS) is 10.7. The van der Waals surface area contributed by atoms with Crippen LogP contribution in [0.2, 0.25) is 5.02 Å². The van der Waals surface area contributed by atoms with Crippen molar-refractivity contribution in [2.24, 2.45) is 0 Å². The SMILES string of the molecule is Nc1cnc(Nc2ccc(Br)c3ccccc23)c(Cl)c1. The summed E-state index contributed by atoms with van der Waals surface area (Å²) in [5, 5.41) is 5.97. The lowest BCUT2D eigenvalue weighted by molar-refractivity contribution is 1.31. The topological polar surface area (TPSA) is 50.9 Å². The first-order valence-corrected chi connectivity index (χ1v) is 7.17. The molecule has 3 rings (SSSR count). The largest absolute Gasteiger partial charge is 0.397 e. The maximum absolute atomic E-state index is 6.15. The third-order valence-electron chi connectivity index (χ3n) is 2.99. The number of halogens is 2. The highest BCUT2D eigenvalue weighted by Crippen LogP contribution is 2.33. The number of hydrogen-bond acceptors (Lipinski definition) is 3. The van der Waals surface area contributed by atoms with Crippen LogP contribution in [0.25, 0.3) is 10.8 Å². The second kappa shape index (κ2) is 5.31. The van der Waals surface area contributed by atoms with Crippen molar-refractivity contribution < 1.29 is 0 Å². The Morgan fingerprint density at radius 3 is 2.60 bits per heavy atom. The molecule has 0 aliphatic carbocycles. The monoisotopic (exact) mass is 347 g/mol. The highest BCUT2D eigenvalue weighted by molar-refractivity contribution is 9.10. The highest BCUT2D eigenvalue weighted by Gasteiger charge is 2.07. The number of aromatic nitrogens is 1. The summed E-state index contributed by atoms with van der Waals surface area (Å²) in [4.78, 5) is 4.22. The number of pyridine rings is 1. The van der Waals surface area contributed by atoms with Crippen molar-refractivity contribution >= 4 is 55.5 Å². The third kappa shape index (κ3) is 2.44. The molecular weight excluding hydrogens is 338 g/mol. The Morgan fingerprint density at radius 2 is 1.85 bits per heavy atom. The maximum atomic E-state index is 6.15. The minimum atomic E-state index is 0.497. The number of nitrogen functional groups attached to an aromatic ring is 1. The minimum absolute atomic E-state index is 0.497. The summed E-state index contributed by atoms with van der Waals surface area (Å²) in [7, 11) is 0. The van der Waals surface area contributed by atoms with Crippen molar-refractivity contribution in [2.75, 3.05) is 11.1 Å². The first-order chi connectivity index (χ1) is 9.65. The van der Waals surface area contributed by atoms with Gasteiger partial charge in [0.2, 0.25) is 0 Å². The summed E-state index contributed by atoms with van der Waals surface area (Å²) in [6.07, 6.45) is 1.58. The third-order valence-corrected chi connectivity index (χ3v) is 3.97. The van der Waals surface area contributed by atoms with Gasteiger partial charge in [-0.25, -0.2) is 4.98 Å². The quantitative estimate of drug-likeness (QED) is 0.687. The van der Waals surface area contributed by atoms with Gasteiger partial charge < -0.3 is 11.1 Å². The fraction of sp³-hybridized carbons (Fsp3) is 0. The van der Waals surface area contributed by atoms with Crippen LogP contribution in [-0.2, 0) is 0 Å². The molecule has 3 N–H and O–H groups in total. The number of rotatable bonds is 2. The van der Waals surface area contributed by atoms with Gasteiger partial charge >= 0.3 is 0 Å². The van der Waals surface area contributed by atoms with Crippen molar-refractivity contribution in [3.8, 4) is 0 Å². The van der Waals surface area contributed by atoms with E-state index >= 15 is 0 Å². The molecule has 0 aliphatic heterocycles. The molecule has 20 heavy (non-hydrogen) atoms. The number of benzene rings is 2. The van der Waals surface area contributed by atoms with Gasteiger partial charge in [-0.15, -0.1) is 0 Å². The molecule has 5 heteroatoms. The van der Waals surface area contributed by atoms with E-state index in [1.165, 1.54) is 0 Å². The summed E-state index contributed by atoms with van der Waals surface area (Å²) in [6, 6.07) is 13.8. The summed E-state index contributed by atoms with van der Waals surface area (Å²) < 4.78 is 1.05. The van der Waals surface area contributed by atoms with Crippen LogP contribution in [0.5, 0.6) is 0 Å². The first-order valence-electron chi connectivity index (χ1n) is 6.00. The van der Waals surface area contributed by atoms with Crippen LogP contribution in [0.4, 0.5) is 17.2 Å². The number of nitrogens with zero attached hydrogens (tertiary/aromatic N) is 1. The second-order valence-corrected chi connectivity index (χ2v) is 5.63. The molecule has 3 nitrogen and oxygen atoms in total. The molecule has 0 atom stereocenters. The fourth-order valence-electron chi connectivity index (χ4n) is 2.04. The molecule has 0 amide bonds. The molecule has 0 saturated heterocycles. The summed E-state index contributed by atoms with van der Waals surface area (Å²) >= 11 is 9.70. The number of fused-ring (bicyclic) bond motifs is 1. The van der Waals surface area contributed by atoms with E-state index < -0.39 is 0 Å². The van der Waals surface area contributed by atoms with Crippen LogP contribution >= 0.6 is 27.5 Å². The van der Waals surface area contributed by atoms with Gasteiger partial charge in [-0.05, 0) is 23.6 Å². The van der Waals surface area contributed by atoms with Crippen LogP contribution in [-0.4, -0.2) is 4.98 Å². The summed E-state index contributed by atoms with van der Waals surface area (Å²) in [6.45, 7) is 0. The van der Waals surface area contributed by atoms with Gasteiger partial charge in [0, 0.05) is 15.5 Å². The Balaban J connectivity index is 2.09. The zero-order valence-electron chi connectivity index (χ0n) is 10.4. The molecule has 0 saturated carbocycles. The molecule has 0 radical (unpaired) electrons. The average Bonchev–Trinajstić information content (AvgIpc) is 2.45. The number of anilines is 3. The Kier molecular flexibility index (Phi) is 3.51. The van der Waals surface area contributed by atoms with Crippen molar-refractivity contribution in [2.45, 2.75) is 0 Å². The molecule has 0 unspecified atom stereocenters. The van der Waals surface area contributed by atoms with E-state index in [2.05, 4.69) is 32.3 Å². The smallest absolute Gasteiger partial charge is 0.149 e. The highest BCUT2D eigenvalue weighted by atomic mass is 79.9. The molecule has 2 aromatic carbocycles. The van der Waals surface area contributed by atoms with Gasteiger partial charge in [0.1, 0.15) is 5.82 Å². The Labute approximate surface area is 129 Å². The standard InChI is InChI=1S/C15H11BrClN3/c16-12-5-6-14(11-4-2-1-3-10(11)12)20-15-13(17)7-9(18)8-19-15/h1-8H,18H2,(H,19,20). The van der Waals surface area contributed by atoms with E-state index in [0.29, 0.717) is 16.5 Å². The van der Waals surface area contributed by atoms with E-state index in [4.69, 9.17) is 17.3 Å². The first kappa shape index (κ1) is 13.2. The van der Waals surface area contributed by atoms with E-state index in [1.807, 2.05) is 30.3 Å². The minimum Gasteiger partial charge on any atom is -0.397 e. The van der Waals surface area contributed by atoms with E-state index in [1.54, 1.807) is 12.3 Å². The maximum Gasteiger partial charge on any atom is 0.149 e. The lowest BCUT2D eigenvalue weighted by Crippen LogP contribution is -1.97. The van der Waals surface area contributed by atoms with Gasteiger partial charge in [0.25, 0.3) is 0 Å². The van der Waals surface area contributed by atoms with Crippen molar-refractivity contribution in [3.05, 3.63) is 58.2 Å². The molecular formula is C15H11BrClN3.